The van der Waals surface area contributed by atoms with Gasteiger partial charge in [0, 0.05) is 14.5 Å². The van der Waals surface area contributed by atoms with E-state index in [1.807, 2.05) is 12.1 Å². The third kappa shape index (κ3) is 3.78. The molecule has 2 aromatic rings. The molecule has 0 saturated carbocycles. The van der Waals surface area contributed by atoms with E-state index in [9.17, 15) is 0 Å². The van der Waals surface area contributed by atoms with Crippen molar-refractivity contribution in [3.05, 3.63) is 56.0 Å². The number of benzene rings is 2. The van der Waals surface area contributed by atoms with Crippen LogP contribution in [0.4, 0.5) is 0 Å². The highest BCUT2D eigenvalue weighted by atomic mass is 79.9. The number of hydrogen-bond acceptors (Lipinski definition) is 2. The minimum Gasteiger partial charge on any atom is -0.493 e. The Balaban J connectivity index is 2.49. The van der Waals surface area contributed by atoms with Gasteiger partial charge in [-0.05, 0) is 41.5 Å². The van der Waals surface area contributed by atoms with Crippen LogP contribution in [0.3, 0.4) is 0 Å². The SMILES string of the molecule is COc1cc(Br)c(C(Cl)c2cc(Cl)cc(Cl)c2)cc1OC. The van der Waals surface area contributed by atoms with Gasteiger partial charge in [0.05, 0.1) is 19.6 Å². The standard InChI is InChI=1S/C15H12BrCl3O2/c1-20-13-6-11(12(16)7-14(13)21-2)15(19)8-3-9(17)5-10(18)4-8/h3-7,15H,1-2H3. The molecule has 6 heteroatoms. The Morgan fingerprint density at radius 3 is 1.95 bits per heavy atom. The first-order valence-electron chi connectivity index (χ1n) is 5.97. The maximum absolute atomic E-state index is 6.56. The molecule has 2 nitrogen and oxygen atoms in total. The molecule has 0 heterocycles. The molecule has 0 aliphatic heterocycles. The van der Waals surface area contributed by atoms with Gasteiger partial charge in [0.15, 0.2) is 11.5 Å². The first-order chi connectivity index (χ1) is 9.96. The van der Waals surface area contributed by atoms with Crippen LogP contribution in [0, 0.1) is 0 Å². The van der Waals surface area contributed by atoms with Crippen molar-refractivity contribution in [2.75, 3.05) is 14.2 Å². The molecular formula is C15H12BrCl3O2. The second-order valence-corrected chi connectivity index (χ2v) is 6.46. The Kier molecular flexibility index (Phi) is 5.67. The molecule has 2 aromatic carbocycles. The highest BCUT2D eigenvalue weighted by Gasteiger charge is 2.18. The van der Waals surface area contributed by atoms with E-state index < -0.39 is 5.38 Å². The fourth-order valence-electron chi connectivity index (χ4n) is 1.97. The minimum absolute atomic E-state index is 0.421. The number of halogens is 4. The molecule has 1 unspecified atom stereocenters. The van der Waals surface area contributed by atoms with Gasteiger partial charge in [-0.1, -0.05) is 39.1 Å². The Bertz CT molecular complexity index is 641. The van der Waals surface area contributed by atoms with Gasteiger partial charge >= 0.3 is 0 Å². The maximum Gasteiger partial charge on any atom is 0.161 e. The lowest BCUT2D eigenvalue weighted by Gasteiger charge is -2.16. The molecular weight excluding hydrogens is 398 g/mol. The molecule has 21 heavy (non-hydrogen) atoms. The molecule has 0 bridgehead atoms. The predicted molar refractivity (Wildman–Crippen MR) is 91.4 cm³/mol. The van der Waals surface area contributed by atoms with Crippen LogP contribution in [0.1, 0.15) is 16.5 Å². The maximum atomic E-state index is 6.56. The van der Waals surface area contributed by atoms with Crippen LogP contribution in [0.25, 0.3) is 0 Å². The molecule has 0 saturated heterocycles. The number of alkyl halides is 1. The molecule has 0 aliphatic carbocycles. The van der Waals surface area contributed by atoms with E-state index in [1.54, 1.807) is 32.4 Å². The lowest BCUT2D eigenvalue weighted by atomic mass is 10.0. The Labute approximate surface area is 147 Å². The molecule has 1 atom stereocenters. The number of methoxy groups -OCH3 is 2. The first-order valence-corrected chi connectivity index (χ1v) is 7.96. The fraction of sp³-hybridized carbons (Fsp3) is 0.200. The monoisotopic (exact) mass is 408 g/mol. The van der Waals surface area contributed by atoms with Crippen LogP contribution >= 0.6 is 50.7 Å². The fourth-order valence-corrected chi connectivity index (χ4v) is 3.50. The molecule has 2 rings (SSSR count). The average molecular weight is 411 g/mol. The summed E-state index contributed by atoms with van der Waals surface area (Å²) in [6.07, 6.45) is 0. The van der Waals surface area contributed by atoms with E-state index in [1.165, 1.54) is 0 Å². The Morgan fingerprint density at radius 1 is 0.905 bits per heavy atom. The average Bonchev–Trinajstić information content (AvgIpc) is 2.45. The summed E-state index contributed by atoms with van der Waals surface area (Å²) >= 11 is 22.1. The lowest BCUT2D eigenvalue weighted by molar-refractivity contribution is 0.354. The van der Waals surface area contributed by atoms with Crippen LogP contribution < -0.4 is 9.47 Å². The summed E-state index contributed by atoms with van der Waals surface area (Å²) in [5.41, 5.74) is 1.65. The highest BCUT2D eigenvalue weighted by Crippen LogP contribution is 2.41. The number of hydrogen-bond donors (Lipinski definition) is 0. The van der Waals surface area contributed by atoms with Crippen LogP contribution in [-0.4, -0.2) is 14.2 Å². The van der Waals surface area contributed by atoms with Crippen LogP contribution in [0.5, 0.6) is 11.5 Å². The van der Waals surface area contributed by atoms with E-state index >= 15 is 0 Å². The van der Waals surface area contributed by atoms with Gasteiger partial charge in [-0.2, -0.15) is 0 Å². The van der Waals surface area contributed by atoms with E-state index in [-0.39, 0.29) is 0 Å². The summed E-state index contributed by atoms with van der Waals surface area (Å²) in [4.78, 5) is 0. The summed E-state index contributed by atoms with van der Waals surface area (Å²) in [5.74, 6) is 1.23. The van der Waals surface area contributed by atoms with Gasteiger partial charge in [0.2, 0.25) is 0 Å². The zero-order valence-electron chi connectivity index (χ0n) is 11.3. The Morgan fingerprint density at radius 2 is 1.43 bits per heavy atom. The predicted octanol–water partition coefficient (Wildman–Crippen LogP) is 6.10. The van der Waals surface area contributed by atoms with Gasteiger partial charge in [-0.3, -0.25) is 0 Å². The normalized spacial score (nSPS) is 12.1. The zero-order chi connectivity index (χ0) is 15.6. The zero-order valence-corrected chi connectivity index (χ0v) is 15.1. The van der Waals surface area contributed by atoms with Crippen molar-refractivity contribution in [3.8, 4) is 11.5 Å². The van der Waals surface area contributed by atoms with Gasteiger partial charge in [-0.25, -0.2) is 0 Å². The summed E-state index contributed by atoms with van der Waals surface area (Å²) in [7, 11) is 3.16. The number of rotatable bonds is 4. The molecule has 112 valence electrons. The van der Waals surface area contributed by atoms with Gasteiger partial charge in [0.25, 0.3) is 0 Å². The van der Waals surface area contributed by atoms with Gasteiger partial charge < -0.3 is 9.47 Å². The van der Waals surface area contributed by atoms with Crippen molar-refractivity contribution in [2.45, 2.75) is 5.38 Å². The van der Waals surface area contributed by atoms with Crippen molar-refractivity contribution in [1.29, 1.82) is 0 Å². The summed E-state index contributed by atoms with van der Waals surface area (Å²) in [6.45, 7) is 0. The van der Waals surface area contributed by atoms with Crippen LogP contribution in [0.15, 0.2) is 34.8 Å². The largest absolute Gasteiger partial charge is 0.493 e. The second kappa shape index (κ2) is 7.10. The van der Waals surface area contributed by atoms with Crippen molar-refractivity contribution in [1.82, 2.24) is 0 Å². The molecule has 0 N–H and O–H groups in total. The van der Waals surface area contributed by atoms with Crippen molar-refractivity contribution >= 4 is 50.7 Å². The van der Waals surface area contributed by atoms with Crippen molar-refractivity contribution < 1.29 is 9.47 Å². The van der Waals surface area contributed by atoms with E-state index in [2.05, 4.69) is 15.9 Å². The smallest absolute Gasteiger partial charge is 0.161 e. The summed E-state index contributed by atoms with van der Waals surface area (Å²) in [5, 5.41) is 0.662. The minimum atomic E-state index is -0.421. The van der Waals surface area contributed by atoms with Crippen molar-refractivity contribution in [3.63, 3.8) is 0 Å². The molecule has 0 radical (unpaired) electrons. The summed E-state index contributed by atoms with van der Waals surface area (Å²) < 4.78 is 11.4. The van der Waals surface area contributed by atoms with Crippen molar-refractivity contribution in [2.24, 2.45) is 0 Å². The van der Waals surface area contributed by atoms with Gasteiger partial charge in [0.1, 0.15) is 0 Å². The van der Waals surface area contributed by atoms with E-state index in [0.717, 1.165) is 15.6 Å². The third-order valence-electron chi connectivity index (χ3n) is 2.95. The molecule has 0 spiro atoms. The number of ether oxygens (including phenoxy) is 2. The van der Waals surface area contributed by atoms with E-state index in [4.69, 9.17) is 44.3 Å². The summed E-state index contributed by atoms with van der Waals surface area (Å²) in [6, 6.07) is 8.88. The third-order valence-corrected chi connectivity index (χ3v) is 4.56. The first kappa shape index (κ1) is 16.8. The highest BCUT2D eigenvalue weighted by molar-refractivity contribution is 9.10. The molecule has 0 amide bonds. The van der Waals surface area contributed by atoms with E-state index in [0.29, 0.717) is 21.5 Å². The second-order valence-electron chi connectivity index (χ2n) is 4.29. The topological polar surface area (TPSA) is 18.5 Å². The Hall–Kier alpha value is -0.610. The lowest BCUT2D eigenvalue weighted by Crippen LogP contribution is -1.98. The van der Waals surface area contributed by atoms with Gasteiger partial charge in [-0.15, -0.1) is 11.6 Å². The van der Waals surface area contributed by atoms with Crippen LogP contribution in [-0.2, 0) is 0 Å². The molecule has 0 aliphatic rings. The molecule has 0 fully saturated rings. The quantitative estimate of drug-likeness (QED) is 0.567. The molecule has 0 aromatic heterocycles. The van der Waals surface area contributed by atoms with Crippen LogP contribution in [0.2, 0.25) is 10.0 Å².